The third-order valence-electron chi connectivity index (χ3n) is 2.76. The number of rotatable bonds is 5. The number of nitrogens with one attached hydrogen (secondary N) is 1. The number of hydrogen-bond donors (Lipinski definition) is 2. The summed E-state index contributed by atoms with van der Waals surface area (Å²) in [6.07, 6.45) is 5.56. The first-order valence-corrected chi connectivity index (χ1v) is 5.58. The predicted molar refractivity (Wildman–Crippen MR) is 55.0 cm³/mol. The van der Waals surface area contributed by atoms with Gasteiger partial charge in [0.1, 0.15) is 0 Å². The van der Waals surface area contributed by atoms with Gasteiger partial charge in [-0.3, -0.25) is 0 Å². The molecule has 0 aromatic heterocycles. The first-order chi connectivity index (χ1) is 6.81. The van der Waals surface area contributed by atoms with E-state index in [9.17, 15) is 4.79 Å². The van der Waals surface area contributed by atoms with Crippen LogP contribution in [-0.4, -0.2) is 36.1 Å². The molecule has 3 N–H and O–H groups in total. The van der Waals surface area contributed by atoms with Gasteiger partial charge in [0.05, 0.1) is 0 Å². The molecule has 2 rings (SSSR count). The predicted octanol–water partition coefficient (Wildman–Crippen LogP) is 0.672. The Morgan fingerprint density at radius 1 is 1.36 bits per heavy atom. The standard InChI is InChI=1S/C10H19N3O/c11-6-1-7-13(9-4-5-9)10(14)12-8-2-3-8/h8-9H,1-7,11H2,(H,12,14). The summed E-state index contributed by atoms with van der Waals surface area (Å²) < 4.78 is 0. The van der Waals surface area contributed by atoms with Crippen molar-refractivity contribution < 1.29 is 4.79 Å². The zero-order valence-electron chi connectivity index (χ0n) is 8.54. The quantitative estimate of drug-likeness (QED) is 0.680. The molecule has 0 unspecified atom stereocenters. The lowest BCUT2D eigenvalue weighted by atomic mass is 10.4. The second kappa shape index (κ2) is 4.17. The minimum atomic E-state index is 0.128. The van der Waals surface area contributed by atoms with Gasteiger partial charge in [-0.2, -0.15) is 0 Å². The van der Waals surface area contributed by atoms with Gasteiger partial charge >= 0.3 is 6.03 Å². The second-order valence-corrected chi connectivity index (χ2v) is 4.29. The summed E-state index contributed by atoms with van der Waals surface area (Å²) in [7, 11) is 0. The monoisotopic (exact) mass is 197 g/mol. The Balaban J connectivity index is 1.77. The van der Waals surface area contributed by atoms with Crippen molar-refractivity contribution in [3.8, 4) is 0 Å². The second-order valence-electron chi connectivity index (χ2n) is 4.29. The van der Waals surface area contributed by atoms with Crippen LogP contribution in [0.15, 0.2) is 0 Å². The highest BCUT2D eigenvalue weighted by Gasteiger charge is 2.34. The maximum atomic E-state index is 11.8. The van der Waals surface area contributed by atoms with Crippen LogP contribution in [0, 0.1) is 0 Å². The summed E-state index contributed by atoms with van der Waals surface area (Å²) in [6.45, 7) is 1.49. The average molecular weight is 197 g/mol. The van der Waals surface area contributed by atoms with E-state index in [1.54, 1.807) is 0 Å². The molecule has 2 saturated carbocycles. The molecule has 0 aliphatic heterocycles. The Hall–Kier alpha value is -0.770. The van der Waals surface area contributed by atoms with Gasteiger partial charge in [-0.15, -0.1) is 0 Å². The van der Waals surface area contributed by atoms with Crippen molar-refractivity contribution in [2.45, 2.75) is 44.2 Å². The molecule has 0 spiro atoms. The van der Waals surface area contributed by atoms with E-state index in [0.717, 1.165) is 25.8 Å². The number of hydrogen-bond acceptors (Lipinski definition) is 2. The molecule has 0 bridgehead atoms. The maximum Gasteiger partial charge on any atom is 0.317 e. The van der Waals surface area contributed by atoms with Gasteiger partial charge in [0.15, 0.2) is 0 Å². The Labute approximate surface area is 84.8 Å². The molecule has 0 aromatic rings. The summed E-state index contributed by atoms with van der Waals surface area (Å²) in [4.78, 5) is 13.7. The highest BCUT2D eigenvalue weighted by molar-refractivity contribution is 5.75. The molecular formula is C10H19N3O. The van der Waals surface area contributed by atoms with Crippen LogP contribution >= 0.6 is 0 Å². The first-order valence-electron chi connectivity index (χ1n) is 5.58. The summed E-state index contributed by atoms with van der Waals surface area (Å²) in [5, 5.41) is 3.03. The van der Waals surface area contributed by atoms with Crippen molar-refractivity contribution in [1.29, 1.82) is 0 Å². The third kappa shape index (κ3) is 2.61. The fraction of sp³-hybridized carbons (Fsp3) is 0.900. The van der Waals surface area contributed by atoms with Crippen LogP contribution in [0.3, 0.4) is 0 Å². The van der Waals surface area contributed by atoms with E-state index < -0.39 is 0 Å². The number of nitrogens with zero attached hydrogens (tertiary/aromatic N) is 1. The number of carbonyl (C=O) groups is 1. The smallest absolute Gasteiger partial charge is 0.317 e. The van der Waals surface area contributed by atoms with Crippen LogP contribution in [0.25, 0.3) is 0 Å². The van der Waals surface area contributed by atoms with Crippen LogP contribution in [0.2, 0.25) is 0 Å². The van der Waals surface area contributed by atoms with Crippen LogP contribution in [0.4, 0.5) is 4.79 Å². The average Bonchev–Trinajstić information content (AvgIpc) is 2.98. The zero-order chi connectivity index (χ0) is 9.97. The molecule has 2 fully saturated rings. The first kappa shape index (κ1) is 9.77. The lowest BCUT2D eigenvalue weighted by molar-refractivity contribution is 0.194. The normalized spacial score (nSPS) is 20.6. The Kier molecular flexibility index (Phi) is 2.91. The van der Waals surface area contributed by atoms with Gasteiger partial charge in [0, 0.05) is 18.6 Å². The van der Waals surface area contributed by atoms with Gasteiger partial charge < -0.3 is 16.0 Å². The van der Waals surface area contributed by atoms with Gasteiger partial charge in [-0.05, 0) is 38.6 Å². The van der Waals surface area contributed by atoms with Crippen LogP contribution in [-0.2, 0) is 0 Å². The lowest BCUT2D eigenvalue weighted by Gasteiger charge is -2.22. The van der Waals surface area contributed by atoms with Gasteiger partial charge in [0.25, 0.3) is 0 Å². The van der Waals surface area contributed by atoms with Crippen LogP contribution < -0.4 is 11.1 Å². The molecule has 0 atom stereocenters. The Morgan fingerprint density at radius 2 is 2.07 bits per heavy atom. The highest BCUT2D eigenvalue weighted by Crippen LogP contribution is 2.28. The van der Waals surface area contributed by atoms with Crippen molar-refractivity contribution in [2.75, 3.05) is 13.1 Å². The molecule has 0 radical (unpaired) electrons. The van der Waals surface area contributed by atoms with Gasteiger partial charge in [0.2, 0.25) is 0 Å². The molecule has 2 amide bonds. The van der Waals surface area contributed by atoms with E-state index in [2.05, 4.69) is 5.32 Å². The number of amides is 2. The fourth-order valence-electron chi connectivity index (χ4n) is 1.58. The van der Waals surface area contributed by atoms with Gasteiger partial charge in [-0.25, -0.2) is 4.79 Å². The third-order valence-corrected chi connectivity index (χ3v) is 2.76. The molecule has 0 saturated heterocycles. The molecule has 4 heteroatoms. The minimum absolute atomic E-state index is 0.128. The van der Waals surface area contributed by atoms with Crippen molar-refractivity contribution in [2.24, 2.45) is 5.73 Å². The molecule has 14 heavy (non-hydrogen) atoms. The van der Waals surface area contributed by atoms with Crippen molar-refractivity contribution in [1.82, 2.24) is 10.2 Å². The maximum absolute atomic E-state index is 11.8. The lowest BCUT2D eigenvalue weighted by Crippen LogP contribution is -2.43. The largest absolute Gasteiger partial charge is 0.335 e. The minimum Gasteiger partial charge on any atom is -0.335 e. The number of carbonyl (C=O) groups excluding carboxylic acids is 1. The van der Waals surface area contributed by atoms with E-state index in [0.29, 0.717) is 18.6 Å². The molecule has 0 heterocycles. The van der Waals surface area contributed by atoms with Crippen molar-refractivity contribution in [3.63, 3.8) is 0 Å². The van der Waals surface area contributed by atoms with E-state index in [4.69, 9.17) is 5.73 Å². The van der Waals surface area contributed by atoms with Crippen LogP contribution in [0.1, 0.15) is 32.1 Å². The summed E-state index contributed by atoms with van der Waals surface area (Å²) in [5.74, 6) is 0. The summed E-state index contributed by atoms with van der Waals surface area (Å²) >= 11 is 0. The van der Waals surface area contributed by atoms with Crippen molar-refractivity contribution >= 4 is 6.03 Å². The zero-order valence-corrected chi connectivity index (χ0v) is 8.54. The Morgan fingerprint density at radius 3 is 2.57 bits per heavy atom. The highest BCUT2D eigenvalue weighted by atomic mass is 16.2. The molecule has 2 aliphatic rings. The number of urea groups is 1. The summed E-state index contributed by atoms with van der Waals surface area (Å²) in [6, 6.07) is 1.09. The molecule has 80 valence electrons. The molecule has 0 aromatic carbocycles. The molecule has 2 aliphatic carbocycles. The Bertz CT molecular complexity index is 211. The van der Waals surface area contributed by atoms with E-state index in [1.807, 2.05) is 4.90 Å². The van der Waals surface area contributed by atoms with E-state index in [1.165, 1.54) is 12.8 Å². The summed E-state index contributed by atoms with van der Waals surface area (Å²) in [5.41, 5.74) is 5.45. The van der Waals surface area contributed by atoms with Gasteiger partial charge in [-0.1, -0.05) is 0 Å². The van der Waals surface area contributed by atoms with Crippen LogP contribution in [0.5, 0.6) is 0 Å². The topological polar surface area (TPSA) is 58.4 Å². The fourth-order valence-corrected chi connectivity index (χ4v) is 1.58. The SMILES string of the molecule is NCCCN(C(=O)NC1CC1)C1CC1. The number of nitrogens with two attached hydrogens (primary N) is 1. The van der Waals surface area contributed by atoms with Crippen molar-refractivity contribution in [3.05, 3.63) is 0 Å². The van der Waals surface area contributed by atoms with E-state index in [-0.39, 0.29) is 6.03 Å². The van der Waals surface area contributed by atoms with E-state index >= 15 is 0 Å². The molecule has 4 nitrogen and oxygen atoms in total. The molecular weight excluding hydrogens is 178 g/mol.